The van der Waals surface area contributed by atoms with Gasteiger partial charge < -0.3 is 15.5 Å². The van der Waals surface area contributed by atoms with Gasteiger partial charge in [0, 0.05) is 0 Å². The first-order chi connectivity index (χ1) is 5.81. The van der Waals surface area contributed by atoms with Gasteiger partial charge in [0.2, 0.25) is 0 Å². The molecule has 0 saturated carbocycles. The largest absolute Gasteiger partial charge is 0.365 e. The second-order valence-corrected chi connectivity index (χ2v) is 3.66. The minimum absolute atomic E-state index is 0.154. The molecule has 7 nitrogen and oxygen atoms in total. The van der Waals surface area contributed by atoms with Crippen LogP contribution in [0.4, 0.5) is 0 Å². The summed E-state index contributed by atoms with van der Waals surface area (Å²) < 4.78 is 0.763. The van der Waals surface area contributed by atoms with Crippen LogP contribution >= 0.6 is 0 Å². The van der Waals surface area contributed by atoms with Crippen molar-refractivity contribution in [2.45, 2.75) is 0 Å². The highest BCUT2D eigenvalue weighted by atomic mass is 16.7. The fourth-order valence-electron chi connectivity index (χ4n) is 0.643. The Morgan fingerprint density at radius 2 is 2.15 bits per heavy atom. The van der Waals surface area contributed by atoms with E-state index in [2.05, 4.69) is 10.4 Å². The summed E-state index contributed by atoms with van der Waals surface area (Å²) in [5, 5.41) is 14.6. The van der Waals surface area contributed by atoms with Crippen molar-refractivity contribution < 1.29 is 9.52 Å². The smallest absolute Gasteiger partial charge is 0.266 e. The highest BCUT2D eigenvalue weighted by Gasteiger charge is 2.06. The minimum atomic E-state index is -0.825. The Kier molecular flexibility index (Phi) is 4.12. The molecule has 0 amide bonds. The highest BCUT2D eigenvalue weighted by molar-refractivity contribution is 5.76. The lowest BCUT2D eigenvalue weighted by atomic mass is 10.5. The molecule has 0 atom stereocenters. The molecule has 13 heavy (non-hydrogen) atoms. The van der Waals surface area contributed by atoms with Crippen LogP contribution in [0.3, 0.4) is 0 Å². The van der Waals surface area contributed by atoms with E-state index in [9.17, 15) is 10.1 Å². The summed E-state index contributed by atoms with van der Waals surface area (Å²) in [4.78, 5) is 9.86. The van der Waals surface area contributed by atoms with Gasteiger partial charge in [0.15, 0.2) is 5.03 Å². The van der Waals surface area contributed by atoms with Gasteiger partial charge in [-0.3, -0.25) is 0 Å². The van der Waals surface area contributed by atoms with Crippen LogP contribution in [-0.4, -0.2) is 49.7 Å². The summed E-state index contributed by atoms with van der Waals surface area (Å²) in [6, 6.07) is 0. The monoisotopic (exact) mass is 190 g/mol. The third-order valence-electron chi connectivity index (χ3n) is 1.28. The molecule has 0 bridgehead atoms. The number of likely N-dealkylation sites (N-methyl/N-ethyl adjacent to an activating group) is 1. The Hall–Kier alpha value is -1.37. The van der Waals surface area contributed by atoms with Crippen LogP contribution in [0.1, 0.15) is 0 Å². The van der Waals surface area contributed by atoms with Crippen molar-refractivity contribution in [2.75, 3.05) is 34.2 Å². The summed E-state index contributed by atoms with van der Waals surface area (Å²) in [5.41, 5.74) is 5.19. The second kappa shape index (κ2) is 4.61. The van der Waals surface area contributed by atoms with Gasteiger partial charge in [-0.25, -0.2) is 10.1 Å². The van der Waals surface area contributed by atoms with Crippen molar-refractivity contribution in [1.82, 2.24) is 5.32 Å². The van der Waals surface area contributed by atoms with Crippen LogP contribution in [0.5, 0.6) is 0 Å². The number of hydrazone groups is 1. The van der Waals surface area contributed by atoms with Crippen molar-refractivity contribution in [3.8, 4) is 0 Å². The normalized spacial score (nSPS) is 12.7. The Balaban J connectivity index is 3.72. The summed E-state index contributed by atoms with van der Waals surface area (Å²) in [7, 11) is 6.05. The molecule has 3 N–H and O–H groups in total. The van der Waals surface area contributed by atoms with E-state index in [1.165, 1.54) is 0 Å². The van der Waals surface area contributed by atoms with Crippen LogP contribution in [0, 0.1) is 10.1 Å². The van der Waals surface area contributed by atoms with Crippen LogP contribution in [0.2, 0.25) is 0 Å². The van der Waals surface area contributed by atoms with Crippen molar-refractivity contribution >= 4 is 5.96 Å². The number of hydrogen-bond donors (Lipinski definition) is 2. The summed E-state index contributed by atoms with van der Waals surface area (Å²) in [5.74, 6) is -0.154. The first kappa shape index (κ1) is 11.6. The van der Waals surface area contributed by atoms with E-state index in [-0.39, 0.29) is 5.96 Å². The van der Waals surface area contributed by atoms with Gasteiger partial charge >= 0.3 is 0 Å². The average molecular weight is 190 g/mol. The van der Waals surface area contributed by atoms with Crippen molar-refractivity contribution in [3.05, 3.63) is 10.1 Å². The molecule has 7 heteroatoms. The lowest BCUT2D eigenvalue weighted by molar-refractivity contribution is -0.869. The first-order valence-corrected chi connectivity index (χ1v) is 3.84. The fourth-order valence-corrected chi connectivity index (χ4v) is 0.643. The predicted octanol–water partition coefficient (Wildman–Crippen LogP) is -1.21. The zero-order valence-electron chi connectivity index (χ0n) is 8.15. The third kappa shape index (κ3) is 8.54. The maximum atomic E-state index is 9.86. The number of quaternary nitrogens is 1. The van der Waals surface area contributed by atoms with Crippen molar-refractivity contribution in [3.63, 3.8) is 0 Å². The van der Waals surface area contributed by atoms with Gasteiger partial charge in [0.25, 0.3) is 5.96 Å². The molecule has 0 aromatic heterocycles. The van der Waals surface area contributed by atoms with E-state index in [0.29, 0.717) is 6.54 Å². The summed E-state index contributed by atoms with van der Waals surface area (Å²) in [6.45, 7) is 1.38. The third-order valence-corrected chi connectivity index (χ3v) is 1.28. The van der Waals surface area contributed by atoms with Gasteiger partial charge in [-0.05, 0) is 0 Å². The molecule has 0 rings (SSSR count). The molecule has 0 aromatic carbocycles. The van der Waals surface area contributed by atoms with Crippen LogP contribution < -0.4 is 11.1 Å². The molecule has 0 aliphatic rings. The molecular formula is C6H16N5O2+. The summed E-state index contributed by atoms with van der Waals surface area (Å²) in [6.07, 6.45) is 0. The lowest BCUT2D eigenvalue weighted by Gasteiger charge is -2.23. The number of nitro groups is 1. The molecule has 0 aliphatic carbocycles. The lowest BCUT2D eigenvalue weighted by Crippen LogP contribution is -2.43. The zero-order chi connectivity index (χ0) is 10.5. The predicted molar refractivity (Wildman–Crippen MR) is 49.5 cm³/mol. The molecular weight excluding hydrogens is 174 g/mol. The Labute approximate surface area is 76.9 Å². The molecule has 0 aliphatic heterocycles. The number of nitrogens with one attached hydrogen (secondary N) is 1. The van der Waals surface area contributed by atoms with Crippen LogP contribution in [-0.2, 0) is 0 Å². The minimum Gasteiger partial charge on any atom is -0.365 e. The van der Waals surface area contributed by atoms with Crippen molar-refractivity contribution in [1.29, 1.82) is 0 Å². The van der Waals surface area contributed by atoms with E-state index < -0.39 is 5.03 Å². The molecule has 0 spiro atoms. The van der Waals surface area contributed by atoms with E-state index in [4.69, 9.17) is 5.73 Å². The number of nitrogens with zero attached hydrogens (tertiary/aromatic N) is 3. The molecule has 0 heterocycles. The summed E-state index contributed by atoms with van der Waals surface area (Å²) >= 11 is 0. The molecule has 0 saturated heterocycles. The maximum Gasteiger partial charge on any atom is 0.266 e. The topological polar surface area (TPSA) is 93.5 Å². The van der Waals surface area contributed by atoms with E-state index in [0.717, 1.165) is 11.0 Å². The molecule has 0 radical (unpaired) electrons. The number of rotatable bonds is 4. The standard InChI is InChI=1S/C6H16N5O2/c1-11(2,3)5-4-8-6(7)9-10(12)13/h4-5H2,1-3H3,(H3,7,8,9)/q+1. The molecule has 0 unspecified atom stereocenters. The van der Waals surface area contributed by atoms with Gasteiger partial charge in [0.05, 0.1) is 34.2 Å². The second-order valence-electron chi connectivity index (χ2n) is 3.66. The van der Waals surface area contributed by atoms with E-state index in [1.807, 2.05) is 21.1 Å². The number of guanidine groups is 1. The molecule has 0 aromatic rings. The van der Waals surface area contributed by atoms with Crippen LogP contribution in [0.15, 0.2) is 5.10 Å². The Bertz CT molecular complexity index is 208. The van der Waals surface area contributed by atoms with Crippen LogP contribution in [0.25, 0.3) is 0 Å². The Morgan fingerprint density at radius 1 is 1.62 bits per heavy atom. The quantitative estimate of drug-likeness (QED) is 0.191. The van der Waals surface area contributed by atoms with Gasteiger partial charge in [-0.15, -0.1) is 0 Å². The fraction of sp³-hybridized carbons (Fsp3) is 0.833. The molecule has 0 fully saturated rings. The van der Waals surface area contributed by atoms with Crippen molar-refractivity contribution in [2.24, 2.45) is 10.8 Å². The van der Waals surface area contributed by atoms with E-state index in [1.54, 1.807) is 0 Å². The first-order valence-electron chi connectivity index (χ1n) is 3.84. The maximum absolute atomic E-state index is 9.86. The Morgan fingerprint density at radius 3 is 2.54 bits per heavy atom. The SMILES string of the molecule is C[N+](C)(C)CCN/C(N)=N\[N+](=O)[O-]. The zero-order valence-corrected chi connectivity index (χ0v) is 8.15. The molecule has 76 valence electrons. The number of hydrogen-bond acceptors (Lipinski definition) is 2. The van der Waals surface area contributed by atoms with E-state index >= 15 is 0 Å². The highest BCUT2D eigenvalue weighted by Crippen LogP contribution is 1.85. The average Bonchev–Trinajstić information content (AvgIpc) is 1.81. The van der Waals surface area contributed by atoms with Gasteiger partial charge in [0.1, 0.15) is 5.10 Å². The van der Waals surface area contributed by atoms with Gasteiger partial charge in [-0.1, -0.05) is 0 Å². The van der Waals surface area contributed by atoms with Gasteiger partial charge in [-0.2, -0.15) is 0 Å². The number of nitrogens with two attached hydrogens (primary N) is 1.